The van der Waals surface area contributed by atoms with Gasteiger partial charge in [0.2, 0.25) is 0 Å². The Morgan fingerprint density at radius 1 is 1.18 bits per heavy atom. The molecule has 0 atom stereocenters. The van der Waals surface area contributed by atoms with Crippen molar-refractivity contribution >= 4 is 35.6 Å². The van der Waals surface area contributed by atoms with Crippen molar-refractivity contribution in [3.05, 3.63) is 53.3 Å². The van der Waals surface area contributed by atoms with Gasteiger partial charge in [-0.1, -0.05) is 25.1 Å². The molecule has 0 saturated carbocycles. The molecule has 3 aromatic heterocycles. The maximum atomic E-state index is 5.43. The lowest BCUT2D eigenvalue weighted by Gasteiger charge is -2.10. The van der Waals surface area contributed by atoms with Gasteiger partial charge in [0.25, 0.3) is 0 Å². The van der Waals surface area contributed by atoms with Crippen LogP contribution < -0.4 is 10.6 Å². The summed E-state index contributed by atoms with van der Waals surface area (Å²) >= 11 is 0. The fourth-order valence-corrected chi connectivity index (χ4v) is 3.03. The average Bonchev–Trinajstić information content (AvgIpc) is 3.28. The van der Waals surface area contributed by atoms with Crippen LogP contribution in [-0.4, -0.2) is 33.6 Å². The molecule has 152 valence electrons. The topological polar surface area (TPSA) is 79.8 Å². The molecule has 8 heteroatoms. The maximum absolute atomic E-state index is 5.43. The summed E-state index contributed by atoms with van der Waals surface area (Å²) < 4.78 is 7.47. The summed E-state index contributed by atoms with van der Waals surface area (Å²) in [5.41, 5.74) is 4.14. The highest BCUT2D eigenvalue weighted by atomic mass is 127. The van der Waals surface area contributed by atoms with E-state index in [-0.39, 0.29) is 24.0 Å². The first-order valence-corrected chi connectivity index (χ1v) is 9.66. The van der Waals surface area contributed by atoms with E-state index in [0.29, 0.717) is 6.54 Å². The van der Waals surface area contributed by atoms with Gasteiger partial charge < -0.3 is 19.6 Å². The second-order valence-electron chi connectivity index (χ2n) is 6.31. The Labute approximate surface area is 183 Å². The number of fused-ring (bicyclic) bond motifs is 1. The SMILES string of the molecule is CCNC(=NCc1c(CC)noc1CC)NCCc1cn2ccccc2n1.I. The van der Waals surface area contributed by atoms with Crippen LogP contribution >= 0.6 is 24.0 Å². The van der Waals surface area contributed by atoms with E-state index in [0.717, 1.165) is 66.7 Å². The van der Waals surface area contributed by atoms with E-state index in [4.69, 9.17) is 9.52 Å². The molecule has 0 bridgehead atoms. The number of aliphatic imine (C=N–C) groups is 1. The van der Waals surface area contributed by atoms with Gasteiger partial charge in [-0.15, -0.1) is 24.0 Å². The number of aryl methyl sites for hydroxylation is 2. The smallest absolute Gasteiger partial charge is 0.191 e. The van der Waals surface area contributed by atoms with Gasteiger partial charge in [0.05, 0.1) is 17.9 Å². The predicted octanol–water partition coefficient (Wildman–Crippen LogP) is 3.36. The zero-order valence-corrected chi connectivity index (χ0v) is 19.1. The molecule has 0 aliphatic heterocycles. The number of guanidine groups is 1. The van der Waals surface area contributed by atoms with Crippen LogP contribution in [0.2, 0.25) is 0 Å². The highest BCUT2D eigenvalue weighted by molar-refractivity contribution is 14.0. The summed E-state index contributed by atoms with van der Waals surface area (Å²) in [4.78, 5) is 9.35. The first-order valence-electron chi connectivity index (χ1n) is 9.66. The van der Waals surface area contributed by atoms with Crippen molar-refractivity contribution in [2.75, 3.05) is 13.1 Å². The Hall–Kier alpha value is -2.10. The predicted molar refractivity (Wildman–Crippen MR) is 122 cm³/mol. The van der Waals surface area contributed by atoms with Gasteiger partial charge in [-0.05, 0) is 25.5 Å². The minimum atomic E-state index is 0. The van der Waals surface area contributed by atoms with Crippen LogP contribution in [0.15, 0.2) is 40.1 Å². The van der Waals surface area contributed by atoms with Crippen molar-refractivity contribution in [3.8, 4) is 0 Å². The van der Waals surface area contributed by atoms with Crippen molar-refractivity contribution in [3.63, 3.8) is 0 Å². The monoisotopic (exact) mass is 496 g/mol. The number of nitrogens with zero attached hydrogens (tertiary/aromatic N) is 4. The van der Waals surface area contributed by atoms with Crippen LogP contribution in [0.4, 0.5) is 0 Å². The first kappa shape index (κ1) is 22.2. The minimum Gasteiger partial charge on any atom is -0.361 e. The fourth-order valence-electron chi connectivity index (χ4n) is 3.03. The molecule has 28 heavy (non-hydrogen) atoms. The Bertz CT molecular complexity index is 847. The third kappa shape index (κ3) is 5.46. The number of pyridine rings is 1. The van der Waals surface area contributed by atoms with Crippen LogP contribution in [0.1, 0.15) is 43.5 Å². The molecule has 0 amide bonds. The summed E-state index contributed by atoms with van der Waals surface area (Å²) in [6, 6.07) is 6.02. The molecular weight excluding hydrogens is 467 g/mol. The molecule has 3 aromatic rings. The van der Waals surface area contributed by atoms with Crippen molar-refractivity contribution in [1.29, 1.82) is 0 Å². The standard InChI is InChI=1S/C20H28N6O.HI/c1-4-17-16(18(5-2)27-25-17)13-23-20(21-6-3)22-11-10-15-14-26-12-8-7-9-19(26)24-15;/h7-9,12,14H,4-6,10-11,13H2,1-3H3,(H2,21,22,23);1H. The largest absolute Gasteiger partial charge is 0.361 e. The second-order valence-corrected chi connectivity index (χ2v) is 6.31. The number of hydrogen-bond acceptors (Lipinski definition) is 4. The molecule has 0 spiro atoms. The third-order valence-corrected chi connectivity index (χ3v) is 4.43. The average molecular weight is 496 g/mol. The molecule has 3 rings (SSSR count). The third-order valence-electron chi connectivity index (χ3n) is 4.43. The summed E-state index contributed by atoms with van der Waals surface area (Å²) in [6.07, 6.45) is 6.60. The number of halogens is 1. The van der Waals surface area contributed by atoms with Gasteiger partial charge in [-0.25, -0.2) is 9.98 Å². The van der Waals surface area contributed by atoms with Crippen molar-refractivity contribution in [1.82, 2.24) is 25.2 Å². The van der Waals surface area contributed by atoms with E-state index in [1.165, 1.54) is 0 Å². The van der Waals surface area contributed by atoms with Crippen molar-refractivity contribution in [2.45, 2.75) is 46.6 Å². The van der Waals surface area contributed by atoms with Crippen molar-refractivity contribution in [2.24, 2.45) is 4.99 Å². The minimum absolute atomic E-state index is 0. The first-order chi connectivity index (χ1) is 13.2. The number of nitrogens with one attached hydrogen (secondary N) is 2. The molecule has 0 aliphatic carbocycles. The molecule has 0 unspecified atom stereocenters. The lowest BCUT2D eigenvalue weighted by molar-refractivity contribution is 0.380. The highest BCUT2D eigenvalue weighted by Gasteiger charge is 2.13. The van der Waals surface area contributed by atoms with Crippen LogP contribution in [0.25, 0.3) is 5.65 Å². The van der Waals surface area contributed by atoms with Crippen LogP contribution in [0.5, 0.6) is 0 Å². The van der Waals surface area contributed by atoms with Gasteiger partial charge >= 0.3 is 0 Å². The lowest BCUT2D eigenvalue weighted by atomic mass is 10.1. The van der Waals surface area contributed by atoms with E-state index in [9.17, 15) is 0 Å². The van der Waals surface area contributed by atoms with Gasteiger partial charge in [0, 0.05) is 43.9 Å². The van der Waals surface area contributed by atoms with E-state index < -0.39 is 0 Å². The molecule has 0 radical (unpaired) electrons. The summed E-state index contributed by atoms with van der Waals surface area (Å²) in [5, 5.41) is 10.8. The Kier molecular flexibility index (Phi) is 8.75. The van der Waals surface area contributed by atoms with E-state index >= 15 is 0 Å². The van der Waals surface area contributed by atoms with E-state index in [2.05, 4.69) is 47.7 Å². The normalized spacial score (nSPS) is 11.5. The molecule has 0 saturated heterocycles. The zero-order valence-electron chi connectivity index (χ0n) is 16.7. The van der Waals surface area contributed by atoms with Gasteiger partial charge in [-0.2, -0.15) is 0 Å². The van der Waals surface area contributed by atoms with Gasteiger partial charge in [-0.3, -0.25) is 0 Å². The number of imidazole rings is 1. The number of hydrogen-bond donors (Lipinski definition) is 2. The van der Waals surface area contributed by atoms with Gasteiger partial charge in [0.1, 0.15) is 11.4 Å². The Morgan fingerprint density at radius 2 is 2.04 bits per heavy atom. The number of aromatic nitrogens is 3. The van der Waals surface area contributed by atoms with Crippen LogP contribution in [0, 0.1) is 0 Å². The Morgan fingerprint density at radius 3 is 2.75 bits per heavy atom. The lowest BCUT2D eigenvalue weighted by Crippen LogP contribution is -2.38. The second kappa shape index (κ2) is 11.0. The fraction of sp³-hybridized carbons (Fsp3) is 0.450. The van der Waals surface area contributed by atoms with Crippen LogP contribution in [0.3, 0.4) is 0 Å². The molecule has 0 aromatic carbocycles. The summed E-state index contributed by atoms with van der Waals surface area (Å²) in [5.74, 6) is 1.72. The molecule has 0 aliphatic rings. The summed E-state index contributed by atoms with van der Waals surface area (Å²) in [6.45, 7) is 8.37. The summed E-state index contributed by atoms with van der Waals surface area (Å²) in [7, 11) is 0. The molecule has 2 N–H and O–H groups in total. The van der Waals surface area contributed by atoms with E-state index in [1.807, 2.05) is 28.8 Å². The van der Waals surface area contributed by atoms with Gasteiger partial charge in [0.15, 0.2) is 5.96 Å². The molecular formula is C20H29IN6O. The Balaban J connectivity index is 0.00000280. The molecule has 7 nitrogen and oxygen atoms in total. The van der Waals surface area contributed by atoms with Crippen molar-refractivity contribution < 1.29 is 4.52 Å². The van der Waals surface area contributed by atoms with Crippen LogP contribution in [-0.2, 0) is 25.8 Å². The quantitative estimate of drug-likeness (QED) is 0.284. The zero-order chi connectivity index (χ0) is 19.1. The van der Waals surface area contributed by atoms with E-state index in [1.54, 1.807) is 0 Å². The number of rotatable bonds is 8. The highest BCUT2D eigenvalue weighted by Crippen LogP contribution is 2.16. The molecule has 3 heterocycles. The maximum Gasteiger partial charge on any atom is 0.191 e. The molecule has 0 fully saturated rings.